The second kappa shape index (κ2) is 9.97. The Kier molecular flexibility index (Phi) is 8.32. The third-order valence-corrected chi connectivity index (χ3v) is 3.61. The molecule has 0 radical (unpaired) electrons. The Morgan fingerprint density at radius 3 is 2.50 bits per heavy atom. The maximum absolute atomic E-state index is 12.5. The summed E-state index contributed by atoms with van der Waals surface area (Å²) in [4.78, 5) is 37.1. The third kappa shape index (κ3) is 7.50. The maximum Gasteiger partial charge on any atom is 0.264 e. The Hall–Kier alpha value is -2.02. The van der Waals surface area contributed by atoms with Gasteiger partial charge < -0.3 is 10.2 Å². The van der Waals surface area contributed by atoms with Crippen molar-refractivity contribution < 1.29 is 9.59 Å². The average molecular weight is 336 g/mol. The van der Waals surface area contributed by atoms with Crippen molar-refractivity contribution in [2.24, 2.45) is 5.92 Å². The van der Waals surface area contributed by atoms with E-state index in [1.165, 1.54) is 6.07 Å². The van der Waals surface area contributed by atoms with Gasteiger partial charge in [0.1, 0.15) is 0 Å². The van der Waals surface area contributed by atoms with E-state index in [9.17, 15) is 14.4 Å². The monoisotopic (exact) mass is 336 g/mol. The number of aromatic amines is 1. The second-order valence-electron chi connectivity index (χ2n) is 6.46. The molecule has 1 rings (SSSR count). The van der Waals surface area contributed by atoms with E-state index in [0.29, 0.717) is 31.2 Å². The molecule has 1 amide bonds. The van der Waals surface area contributed by atoms with Crippen LogP contribution in [0.25, 0.3) is 0 Å². The van der Waals surface area contributed by atoms with E-state index in [2.05, 4.69) is 15.5 Å². The van der Waals surface area contributed by atoms with Crippen LogP contribution >= 0.6 is 0 Å². The summed E-state index contributed by atoms with van der Waals surface area (Å²) in [6.45, 7) is 9.01. The predicted molar refractivity (Wildman–Crippen MR) is 92.7 cm³/mol. The fourth-order valence-corrected chi connectivity index (χ4v) is 2.06. The normalized spacial score (nSPS) is 11.1. The molecule has 7 heteroatoms. The zero-order valence-corrected chi connectivity index (χ0v) is 15.0. The highest BCUT2D eigenvalue weighted by atomic mass is 16.2. The Morgan fingerprint density at radius 2 is 1.96 bits per heavy atom. The summed E-state index contributed by atoms with van der Waals surface area (Å²) in [7, 11) is 0. The third-order valence-electron chi connectivity index (χ3n) is 3.61. The van der Waals surface area contributed by atoms with Gasteiger partial charge in [-0.25, -0.2) is 5.10 Å². The number of Topliss-reactive ketones (excluding diaryl/α,β-unsaturated/α-hetero) is 1. The van der Waals surface area contributed by atoms with Crippen molar-refractivity contribution in [1.29, 1.82) is 0 Å². The molecule has 0 unspecified atom stereocenters. The van der Waals surface area contributed by atoms with Crippen LogP contribution in [0.3, 0.4) is 0 Å². The predicted octanol–water partition coefficient (Wildman–Crippen LogP) is 0.754. The smallest absolute Gasteiger partial charge is 0.264 e. The van der Waals surface area contributed by atoms with Crippen LogP contribution < -0.4 is 10.9 Å². The molecular formula is C17H28N4O3. The number of nitrogens with zero attached hydrogens (tertiary/aromatic N) is 2. The van der Waals surface area contributed by atoms with Crippen LogP contribution in [0.15, 0.2) is 16.9 Å². The molecule has 0 atom stereocenters. The van der Waals surface area contributed by atoms with Gasteiger partial charge in [-0.15, -0.1) is 0 Å². The lowest BCUT2D eigenvalue weighted by molar-refractivity contribution is -0.136. The number of rotatable bonds is 10. The van der Waals surface area contributed by atoms with E-state index < -0.39 is 0 Å². The van der Waals surface area contributed by atoms with Crippen LogP contribution in [0.5, 0.6) is 0 Å². The first kappa shape index (κ1) is 20.0. The lowest BCUT2D eigenvalue weighted by Crippen LogP contribution is -2.42. The molecule has 0 saturated carbocycles. The van der Waals surface area contributed by atoms with Crippen molar-refractivity contribution in [3.8, 4) is 0 Å². The van der Waals surface area contributed by atoms with E-state index in [0.717, 1.165) is 0 Å². The van der Waals surface area contributed by atoms with Gasteiger partial charge in [-0.05, 0) is 6.07 Å². The average Bonchev–Trinajstić information content (AvgIpc) is 2.52. The number of ketones is 1. The number of nitrogens with one attached hydrogen (secondary N) is 2. The standard InChI is InChI=1S/C17H28N4O3/c1-12(2)15(22)11-21(10-9-18-13(3)4)17(24)8-6-14-5-7-16(23)20-19-14/h5,7,12-13,18H,6,8-11H2,1-4H3,(H,20,23). The van der Waals surface area contributed by atoms with Gasteiger partial charge in [-0.1, -0.05) is 27.7 Å². The summed E-state index contributed by atoms with van der Waals surface area (Å²) in [6.07, 6.45) is 0.686. The van der Waals surface area contributed by atoms with Crippen molar-refractivity contribution in [2.75, 3.05) is 19.6 Å². The lowest BCUT2D eigenvalue weighted by atomic mass is 10.1. The van der Waals surface area contributed by atoms with Gasteiger partial charge >= 0.3 is 0 Å². The quantitative estimate of drug-likeness (QED) is 0.657. The van der Waals surface area contributed by atoms with Gasteiger partial charge in [0.05, 0.1) is 12.2 Å². The zero-order chi connectivity index (χ0) is 18.1. The number of H-pyrrole nitrogens is 1. The van der Waals surface area contributed by atoms with Crippen molar-refractivity contribution in [1.82, 2.24) is 20.4 Å². The molecule has 0 aliphatic heterocycles. The summed E-state index contributed by atoms with van der Waals surface area (Å²) in [6, 6.07) is 3.32. The molecule has 0 aliphatic rings. The molecule has 0 bridgehead atoms. The molecule has 7 nitrogen and oxygen atoms in total. The zero-order valence-electron chi connectivity index (χ0n) is 15.0. The summed E-state index contributed by atoms with van der Waals surface area (Å²) in [5, 5.41) is 9.50. The molecule has 0 saturated heterocycles. The Bertz CT molecular complexity index is 575. The molecule has 2 N–H and O–H groups in total. The first-order valence-electron chi connectivity index (χ1n) is 8.38. The Morgan fingerprint density at radius 1 is 1.25 bits per heavy atom. The SMILES string of the molecule is CC(C)NCCN(CC(=O)C(C)C)C(=O)CCc1ccc(=O)[nH]n1. The van der Waals surface area contributed by atoms with Crippen molar-refractivity contribution >= 4 is 11.7 Å². The Labute approximate surface area is 142 Å². The number of hydrogen-bond donors (Lipinski definition) is 2. The summed E-state index contributed by atoms with van der Waals surface area (Å²) >= 11 is 0. The Balaban J connectivity index is 2.61. The molecule has 1 heterocycles. The van der Waals surface area contributed by atoms with Crippen LogP contribution in [-0.2, 0) is 16.0 Å². The molecule has 1 aromatic heterocycles. The molecule has 0 spiro atoms. The highest BCUT2D eigenvalue weighted by molar-refractivity contribution is 5.87. The fraction of sp³-hybridized carbons (Fsp3) is 0.647. The van der Waals surface area contributed by atoms with Crippen LogP contribution in [0.2, 0.25) is 0 Å². The number of aryl methyl sites for hydroxylation is 1. The molecule has 134 valence electrons. The van der Waals surface area contributed by atoms with Gasteiger partial charge in [-0.2, -0.15) is 5.10 Å². The topological polar surface area (TPSA) is 95.2 Å². The van der Waals surface area contributed by atoms with E-state index >= 15 is 0 Å². The largest absolute Gasteiger partial charge is 0.334 e. The molecular weight excluding hydrogens is 308 g/mol. The lowest BCUT2D eigenvalue weighted by Gasteiger charge is -2.23. The van der Waals surface area contributed by atoms with Crippen LogP contribution in [-0.4, -0.2) is 52.5 Å². The van der Waals surface area contributed by atoms with Gasteiger partial charge in [0.25, 0.3) is 5.56 Å². The van der Waals surface area contributed by atoms with Crippen molar-refractivity contribution in [3.63, 3.8) is 0 Å². The molecule has 0 aromatic carbocycles. The van der Waals surface area contributed by atoms with Crippen LogP contribution in [0, 0.1) is 5.92 Å². The number of carbonyl (C=O) groups is 2. The second-order valence-corrected chi connectivity index (χ2v) is 6.46. The molecule has 24 heavy (non-hydrogen) atoms. The maximum atomic E-state index is 12.5. The van der Waals surface area contributed by atoms with E-state index in [4.69, 9.17) is 0 Å². The van der Waals surface area contributed by atoms with Crippen LogP contribution in [0.1, 0.15) is 39.8 Å². The highest BCUT2D eigenvalue weighted by Gasteiger charge is 2.18. The first-order chi connectivity index (χ1) is 11.3. The number of amides is 1. The highest BCUT2D eigenvalue weighted by Crippen LogP contribution is 2.04. The number of carbonyl (C=O) groups excluding carboxylic acids is 2. The fourth-order valence-electron chi connectivity index (χ4n) is 2.06. The van der Waals surface area contributed by atoms with Gasteiger partial charge in [0.2, 0.25) is 5.91 Å². The first-order valence-corrected chi connectivity index (χ1v) is 8.38. The minimum absolute atomic E-state index is 0.0510. The molecule has 0 fully saturated rings. The minimum atomic E-state index is -0.269. The van der Waals surface area contributed by atoms with Crippen LogP contribution in [0.4, 0.5) is 0 Å². The molecule has 1 aromatic rings. The van der Waals surface area contributed by atoms with Crippen molar-refractivity contribution in [3.05, 3.63) is 28.2 Å². The summed E-state index contributed by atoms with van der Waals surface area (Å²) in [5.41, 5.74) is 0.382. The summed E-state index contributed by atoms with van der Waals surface area (Å²) < 4.78 is 0. The summed E-state index contributed by atoms with van der Waals surface area (Å²) in [5.74, 6) is -0.128. The van der Waals surface area contributed by atoms with E-state index in [1.807, 2.05) is 27.7 Å². The number of hydrogen-bond acceptors (Lipinski definition) is 5. The van der Waals surface area contributed by atoms with E-state index in [-0.39, 0.29) is 36.1 Å². The van der Waals surface area contributed by atoms with Crippen molar-refractivity contribution in [2.45, 2.75) is 46.6 Å². The minimum Gasteiger partial charge on any atom is -0.334 e. The van der Waals surface area contributed by atoms with E-state index in [1.54, 1.807) is 11.0 Å². The van der Waals surface area contributed by atoms with Gasteiger partial charge in [0, 0.05) is 44.0 Å². The van der Waals surface area contributed by atoms with Gasteiger partial charge in [0.15, 0.2) is 5.78 Å². The van der Waals surface area contributed by atoms with Gasteiger partial charge in [-0.3, -0.25) is 14.4 Å². The number of aromatic nitrogens is 2. The molecule has 0 aliphatic carbocycles.